The van der Waals surface area contributed by atoms with Gasteiger partial charge in [0.05, 0.1) is 17.4 Å². The highest BCUT2D eigenvalue weighted by atomic mass is 79.9. The normalized spacial score (nSPS) is 12.3. The van der Waals surface area contributed by atoms with Crippen molar-refractivity contribution in [3.05, 3.63) is 45.8 Å². The Kier molecular flexibility index (Phi) is 4.42. The molecule has 0 aliphatic heterocycles. The van der Waals surface area contributed by atoms with E-state index in [9.17, 15) is 0 Å². The largest absolute Gasteiger partial charge is 0.452 e. The van der Waals surface area contributed by atoms with Crippen LogP contribution < -0.4 is 10.2 Å². The fourth-order valence-electron chi connectivity index (χ4n) is 1.88. The molecule has 2 aromatic rings. The Morgan fingerprint density at radius 2 is 2.00 bits per heavy atom. The molecule has 102 valence electrons. The lowest BCUT2D eigenvalue weighted by molar-refractivity contribution is 0.471. The summed E-state index contributed by atoms with van der Waals surface area (Å²) < 4.78 is 6.29. The van der Waals surface area contributed by atoms with E-state index in [-0.39, 0.29) is 6.04 Å². The highest BCUT2D eigenvalue weighted by Crippen LogP contribution is 2.31. The minimum Gasteiger partial charge on any atom is -0.452 e. The summed E-state index contributed by atoms with van der Waals surface area (Å²) in [7, 11) is 4.01. The monoisotopic (exact) mass is 342 g/mol. The maximum atomic E-state index is 6.07. The van der Waals surface area contributed by atoms with Crippen LogP contribution in [0, 0.1) is 0 Å². The van der Waals surface area contributed by atoms with Crippen LogP contribution in [0.15, 0.2) is 39.4 Å². The summed E-state index contributed by atoms with van der Waals surface area (Å²) in [5.41, 5.74) is 2.07. The molecule has 1 aromatic carbocycles. The third-order valence-corrected chi connectivity index (χ3v) is 3.49. The molecule has 2 rings (SSSR count). The quantitative estimate of drug-likeness (QED) is 0.853. The predicted octanol–water partition coefficient (Wildman–Crippen LogP) is 4.93. The lowest BCUT2D eigenvalue weighted by Crippen LogP contribution is -2.13. The van der Waals surface area contributed by atoms with Crippen molar-refractivity contribution in [2.45, 2.75) is 13.0 Å². The van der Waals surface area contributed by atoms with Gasteiger partial charge in [0.2, 0.25) is 0 Å². The molecule has 0 amide bonds. The van der Waals surface area contributed by atoms with Crippen LogP contribution in [0.4, 0.5) is 11.4 Å². The van der Waals surface area contributed by atoms with Crippen molar-refractivity contribution < 1.29 is 4.42 Å². The SMILES string of the molecule is CC(Nc1cc(Cl)ccc1N(C)C)c1ccc(Br)o1. The number of hydrogen-bond donors (Lipinski definition) is 1. The molecule has 1 unspecified atom stereocenters. The molecule has 1 aromatic heterocycles. The standard InChI is InChI=1S/C14H16BrClN2O/c1-9(13-6-7-14(15)19-13)17-11-8-10(16)4-5-12(11)18(2)3/h4-9,17H,1-3H3. The van der Waals surface area contributed by atoms with Gasteiger partial charge in [-0.25, -0.2) is 0 Å². The third kappa shape index (κ3) is 3.45. The lowest BCUT2D eigenvalue weighted by atomic mass is 10.2. The van der Waals surface area contributed by atoms with E-state index in [1.807, 2.05) is 56.3 Å². The van der Waals surface area contributed by atoms with Crippen LogP contribution in [0.25, 0.3) is 0 Å². The van der Waals surface area contributed by atoms with E-state index in [2.05, 4.69) is 21.2 Å². The zero-order valence-corrected chi connectivity index (χ0v) is 13.4. The number of benzene rings is 1. The Bertz CT molecular complexity index is 568. The van der Waals surface area contributed by atoms with Crippen LogP contribution in [0.1, 0.15) is 18.7 Å². The predicted molar refractivity (Wildman–Crippen MR) is 84.2 cm³/mol. The van der Waals surface area contributed by atoms with E-state index in [1.165, 1.54) is 0 Å². The number of rotatable bonds is 4. The second kappa shape index (κ2) is 5.88. The maximum absolute atomic E-state index is 6.07. The van der Waals surface area contributed by atoms with Crippen molar-refractivity contribution in [1.29, 1.82) is 0 Å². The molecule has 0 saturated heterocycles. The number of nitrogens with one attached hydrogen (secondary N) is 1. The highest BCUT2D eigenvalue weighted by molar-refractivity contribution is 9.10. The highest BCUT2D eigenvalue weighted by Gasteiger charge is 2.13. The van der Waals surface area contributed by atoms with Gasteiger partial charge in [-0.2, -0.15) is 0 Å². The second-order valence-electron chi connectivity index (χ2n) is 4.56. The van der Waals surface area contributed by atoms with Gasteiger partial charge in [0.25, 0.3) is 0 Å². The van der Waals surface area contributed by atoms with Gasteiger partial charge >= 0.3 is 0 Å². The molecule has 0 fully saturated rings. The van der Waals surface area contributed by atoms with Crippen LogP contribution in [0.2, 0.25) is 5.02 Å². The summed E-state index contributed by atoms with van der Waals surface area (Å²) >= 11 is 9.38. The Morgan fingerprint density at radius 3 is 2.58 bits per heavy atom. The molecule has 0 radical (unpaired) electrons. The Hall–Kier alpha value is -1.13. The van der Waals surface area contributed by atoms with Gasteiger partial charge < -0.3 is 14.6 Å². The lowest BCUT2D eigenvalue weighted by Gasteiger charge is -2.21. The topological polar surface area (TPSA) is 28.4 Å². The number of halogens is 2. The van der Waals surface area contributed by atoms with Crippen molar-refractivity contribution in [2.24, 2.45) is 0 Å². The third-order valence-electron chi connectivity index (χ3n) is 2.83. The maximum Gasteiger partial charge on any atom is 0.169 e. The van der Waals surface area contributed by atoms with E-state index < -0.39 is 0 Å². The molecule has 1 heterocycles. The van der Waals surface area contributed by atoms with Gasteiger partial charge in [-0.15, -0.1) is 0 Å². The molecule has 0 aliphatic rings. The molecule has 1 atom stereocenters. The summed E-state index contributed by atoms with van der Waals surface area (Å²) in [6.45, 7) is 2.05. The van der Waals surface area contributed by atoms with Gasteiger partial charge in [0, 0.05) is 19.1 Å². The minimum absolute atomic E-state index is 0.0588. The van der Waals surface area contributed by atoms with Crippen LogP contribution >= 0.6 is 27.5 Å². The zero-order chi connectivity index (χ0) is 14.0. The number of nitrogens with zero attached hydrogens (tertiary/aromatic N) is 1. The first kappa shape index (κ1) is 14.3. The van der Waals surface area contributed by atoms with Crippen LogP contribution in [-0.2, 0) is 0 Å². The first-order chi connectivity index (χ1) is 8.97. The summed E-state index contributed by atoms with van der Waals surface area (Å²) in [5, 5.41) is 4.13. The van der Waals surface area contributed by atoms with Crippen LogP contribution in [0.5, 0.6) is 0 Å². The molecule has 0 spiro atoms. The zero-order valence-electron chi connectivity index (χ0n) is 11.1. The van der Waals surface area contributed by atoms with Gasteiger partial charge in [0.15, 0.2) is 4.67 Å². The Labute approximate surface area is 126 Å². The first-order valence-electron chi connectivity index (χ1n) is 5.96. The summed E-state index contributed by atoms with van der Waals surface area (Å²) in [6, 6.07) is 9.69. The number of hydrogen-bond acceptors (Lipinski definition) is 3. The van der Waals surface area contributed by atoms with Crippen molar-refractivity contribution >= 4 is 38.9 Å². The second-order valence-corrected chi connectivity index (χ2v) is 5.78. The van der Waals surface area contributed by atoms with Crippen molar-refractivity contribution in [3.8, 4) is 0 Å². The van der Waals surface area contributed by atoms with E-state index in [1.54, 1.807) is 0 Å². The average molecular weight is 344 g/mol. The smallest absolute Gasteiger partial charge is 0.169 e. The molecule has 0 saturated carbocycles. The van der Waals surface area contributed by atoms with Gasteiger partial charge in [-0.3, -0.25) is 0 Å². The summed E-state index contributed by atoms with van der Waals surface area (Å²) in [6.07, 6.45) is 0. The van der Waals surface area contributed by atoms with Gasteiger partial charge in [-0.1, -0.05) is 11.6 Å². The van der Waals surface area contributed by atoms with E-state index >= 15 is 0 Å². The van der Waals surface area contributed by atoms with E-state index in [0.717, 1.165) is 21.8 Å². The summed E-state index contributed by atoms with van der Waals surface area (Å²) in [5.74, 6) is 0.872. The molecule has 19 heavy (non-hydrogen) atoms. The molecule has 5 heteroatoms. The Balaban J connectivity index is 2.25. The van der Waals surface area contributed by atoms with Crippen LogP contribution in [0.3, 0.4) is 0 Å². The van der Waals surface area contributed by atoms with E-state index in [4.69, 9.17) is 16.0 Å². The average Bonchev–Trinajstić information content (AvgIpc) is 2.75. The summed E-state index contributed by atoms with van der Waals surface area (Å²) in [4.78, 5) is 2.05. The van der Waals surface area contributed by atoms with Gasteiger partial charge in [-0.05, 0) is 53.2 Å². The van der Waals surface area contributed by atoms with E-state index in [0.29, 0.717) is 5.02 Å². The van der Waals surface area contributed by atoms with Crippen molar-refractivity contribution in [2.75, 3.05) is 24.3 Å². The van der Waals surface area contributed by atoms with Crippen molar-refractivity contribution in [3.63, 3.8) is 0 Å². The van der Waals surface area contributed by atoms with Gasteiger partial charge in [0.1, 0.15) is 5.76 Å². The fourth-order valence-corrected chi connectivity index (χ4v) is 2.37. The van der Waals surface area contributed by atoms with Crippen LogP contribution in [-0.4, -0.2) is 14.1 Å². The Morgan fingerprint density at radius 1 is 1.26 bits per heavy atom. The number of anilines is 2. The number of furan rings is 1. The fraction of sp³-hybridized carbons (Fsp3) is 0.286. The first-order valence-corrected chi connectivity index (χ1v) is 7.13. The molecular formula is C14H16BrClN2O. The molecular weight excluding hydrogens is 328 g/mol. The van der Waals surface area contributed by atoms with Crippen molar-refractivity contribution in [1.82, 2.24) is 0 Å². The molecule has 0 bridgehead atoms. The molecule has 3 nitrogen and oxygen atoms in total. The molecule has 1 N–H and O–H groups in total. The molecule has 0 aliphatic carbocycles. The minimum atomic E-state index is 0.0588.